The second kappa shape index (κ2) is 5.86. The molecular weight excluding hydrogens is 203 g/mol. The van der Waals surface area contributed by atoms with E-state index < -0.39 is 7.44 Å². The molecule has 0 fully saturated rings. The topological polar surface area (TPSA) is 23.6 Å². The molecule has 0 radical (unpaired) electrons. The van der Waals surface area contributed by atoms with E-state index in [1.807, 2.05) is 33.6 Å². The average molecular weight is 222 g/mol. The van der Waals surface area contributed by atoms with Crippen molar-refractivity contribution < 1.29 is 4.57 Å². The van der Waals surface area contributed by atoms with Crippen molar-refractivity contribution in [2.45, 2.75) is 6.92 Å². The van der Waals surface area contributed by atoms with Crippen LogP contribution in [-0.4, -0.2) is 43.3 Å². The zero-order chi connectivity index (χ0) is 10.5. The molecule has 0 unspecified atom stereocenters. The monoisotopic (exact) mass is 222 g/mol. The van der Waals surface area contributed by atoms with Gasteiger partial charge in [0.05, 0.1) is 0 Å². The fraction of sp³-hybridized carbons (Fsp3) is 0.750. The molecule has 78 valence electrons. The van der Waals surface area contributed by atoms with Crippen LogP contribution in [0, 0.1) is 0 Å². The second-order valence-corrected chi connectivity index (χ2v) is 7.28. The molecule has 0 aromatic carbocycles. The maximum Gasteiger partial charge on any atom is 0.238 e. The normalized spacial score (nSPS) is 13.5. The van der Waals surface area contributed by atoms with Crippen LogP contribution < -0.4 is 0 Å². The van der Waals surface area contributed by atoms with Crippen LogP contribution >= 0.6 is 19.2 Å². The van der Waals surface area contributed by atoms with Gasteiger partial charge in [0.1, 0.15) is 0 Å². The second-order valence-electron chi connectivity index (χ2n) is 3.02. The highest BCUT2D eigenvalue weighted by molar-refractivity contribution is 8.02. The molecule has 0 aliphatic heterocycles. The van der Waals surface area contributed by atoms with E-state index in [1.54, 1.807) is 26.9 Å². The van der Waals surface area contributed by atoms with Gasteiger partial charge in [-0.3, -0.25) is 4.57 Å². The van der Waals surface area contributed by atoms with Crippen LogP contribution in [0.4, 0.5) is 0 Å². The van der Waals surface area contributed by atoms with Gasteiger partial charge in [0.2, 0.25) is 7.44 Å². The van der Waals surface area contributed by atoms with E-state index in [0.29, 0.717) is 0 Å². The Hall–Kier alpha value is 0.240. The lowest BCUT2D eigenvalue weighted by Crippen LogP contribution is -2.19. The third kappa shape index (κ3) is 3.86. The molecule has 0 aliphatic rings. The van der Waals surface area contributed by atoms with Gasteiger partial charge in [-0.25, -0.2) is 9.34 Å². The summed E-state index contributed by atoms with van der Waals surface area (Å²) in [7, 11) is 4.91. The Kier molecular flexibility index (Phi) is 5.97. The SMILES string of the molecule is CCS/C=C\P(=O)(N(C)C)N(C)C. The summed E-state index contributed by atoms with van der Waals surface area (Å²) in [4.78, 5) is 0. The van der Waals surface area contributed by atoms with Gasteiger partial charge in [0, 0.05) is 5.82 Å². The minimum absolute atomic E-state index is 1.01. The van der Waals surface area contributed by atoms with Crippen molar-refractivity contribution in [1.29, 1.82) is 0 Å². The first-order valence-electron chi connectivity index (χ1n) is 4.19. The van der Waals surface area contributed by atoms with Gasteiger partial charge in [-0.05, 0) is 39.4 Å². The Morgan fingerprint density at radius 2 is 1.69 bits per heavy atom. The molecular formula is C8H19N2OPS. The fourth-order valence-electron chi connectivity index (χ4n) is 0.843. The van der Waals surface area contributed by atoms with Crippen molar-refractivity contribution in [2.24, 2.45) is 0 Å². The molecule has 0 N–H and O–H groups in total. The van der Waals surface area contributed by atoms with Crippen molar-refractivity contribution in [3.63, 3.8) is 0 Å². The number of nitrogens with zero attached hydrogens (tertiary/aromatic N) is 2. The van der Waals surface area contributed by atoms with Crippen molar-refractivity contribution in [3.05, 3.63) is 11.2 Å². The van der Waals surface area contributed by atoms with Crippen LogP contribution in [-0.2, 0) is 4.57 Å². The first-order valence-corrected chi connectivity index (χ1v) is 6.92. The first-order chi connectivity index (χ1) is 5.95. The van der Waals surface area contributed by atoms with Crippen LogP contribution in [0.2, 0.25) is 0 Å². The number of hydrogen-bond acceptors (Lipinski definition) is 2. The largest absolute Gasteiger partial charge is 0.284 e. The number of thioether (sulfide) groups is 1. The van der Waals surface area contributed by atoms with Crippen molar-refractivity contribution in [3.8, 4) is 0 Å². The van der Waals surface area contributed by atoms with E-state index >= 15 is 0 Å². The highest BCUT2D eigenvalue weighted by Gasteiger charge is 2.23. The molecule has 0 saturated carbocycles. The predicted octanol–water partition coefficient (Wildman–Crippen LogP) is 2.53. The molecule has 13 heavy (non-hydrogen) atoms. The van der Waals surface area contributed by atoms with Crippen LogP contribution in [0.25, 0.3) is 0 Å². The lowest BCUT2D eigenvalue weighted by molar-refractivity contribution is 0.459. The highest BCUT2D eigenvalue weighted by atomic mass is 32.2. The van der Waals surface area contributed by atoms with Gasteiger partial charge in [0.25, 0.3) is 0 Å². The minimum Gasteiger partial charge on any atom is -0.284 e. The molecule has 3 nitrogen and oxygen atoms in total. The lowest BCUT2D eigenvalue weighted by Gasteiger charge is -2.27. The fourth-order valence-corrected chi connectivity index (χ4v) is 3.26. The molecule has 0 rings (SSSR count). The summed E-state index contributed by atoms with van der Waals surface area (Å²) in [6.45, 7) is 2.07. The van der Waals surface area contributed by atoms with Crippen molar-refractivity contribution in [1.82, 2.24) is 9.34 Å². The summed E-state index contributed by atoms with van der Waals surface area (Å²) >= 11 is 1.66. The Morgan fingerprint density at radius 1 is 1.23 bits per heavy atom. The summed E-state index contributed by atoms with van der Waals surface area (Å²) < 4.78 is 15.8. The average Bonchev–Trinajstić information content (AvgIpc) is 2.03. The maximum atomic E-state index is 12.2. The van der Waals surface area contributed by atoms with E-state index in [2.05, 4.69) is 6.92 Å². The molecule has 0 saturated heterocycles. The zero-order valence-electron chi connectivity index (χ0n) is 9.02. The Labute approximate surface area is 85.6 Å². The summed E-state index contributed by atoms with van der Waals surface area (Å²) in [6, 6.07) is 0. The van der Waals surface area contributed by atoms with Crippen LogP contribution in [0.15, 0.2) is 11.2 Å². The molecule has 0 amide bonds. The van der Waals surface area contributed by atoms with Crippen molar-refractivity contribution >= 4 is 19.2 Å². The van der Waals surface area contributed by atoms with Crippen LogP contribution in [0.5, 0.6) is 0 Å². The van der Waals surface area contributed by atoms with Gasteiger partial charge in [-0.15, -0.1) is 11.8 Å². The molecule has 0 bridgehead atoms. The van der Waals surface area contributed by atoms with E-state index in [0.717, 1.165) is 5.75 Å². The van der Waals surface area contributed by atoms with Gasteiger partial charge in [0.15, 0.2) is 0 Å². The molecule has 0 aliphatic carbocycles. The number of hydrogen-bond donors (Lipinski definition) is 0. The van der Waals surface area contributed by atoms with Gasteiger partial charge >= 0.3 is 0 Å². The molecule has 5 heteroatoms. The third-order valence-corrected chi connectivity index (χ3v) is 5.36. The Balaban J connectivity index is 4.53. The van der Waals surface area contributed by atoms with E-state index in [4.69, 9.17) is 0 Å². The minimum atomic E-state index is -2.43. The van der Waals surface area contributed by atoms with Gasteiger partial charge in [-0.1, -0.05) is 6.92 Å². The summed E-state index contributed by atoms with van der Waals surface area (Å²) in [5, 5.41) is 1.92. The number of rotatable bonds is 5. The first kappa shape index (κ1) is 13.2. The summed E-state index contributed by atoms with van der Waals surface area (Å²) in [6.07, 6.45) is 0. The molecule has 0 aromatic heterocycles. The van der Waals surface area contributed by atoms with Crippen LogP contribution in [0.1, 0.15) is 6.92 Å². The molecule has 0 heterocycles. The summed E-state index contributed by atoms with van der Waals surface area (Å²) in [5.41, 5.74) is 0. The molecule has 0 atom stereocenters. The smallest absolute Gasteiger partial charge is 0.238 e. The predicted molar refractivity (Wildman–Crippen MR) is 62.3 cm³/mol. The maximum absolute atomic E-state index is 12.2. The Bertz CT molecular complexity index is 204. The van der Waals surface area contributed by atoms with E-state index in [-0.39, 0.29) is 0 Å². The highest BCUT2D eigenvalue weighted by Crippen LogP contribution is 2.51. The molecule has 0 aromatic rings. The van der Waals surface area contributed by atoms with Crippen molar-refractivity contribution in [2.75, 3.05) is 33.9 Å². The Morgan fingerprint density at radius 3 is 2.00 bits per heavy atom. The van der Waals surface area contributed by atoms with Gasteiger partial charge in [-0.2, -0.15) is 0 Å². The lowest BCUT2D eigenvalue weighted by atomic mass is 11.0. The quantitative estimate of drug-likeness (QED) is 0.667. The van der Waals surface area contributed by atoms with E-state index in [1.165, 1.54) is 0 Å². The standard InChI is InChI=1S/C8H19N2OPS/c1-6-13-8-7-12(11,9(2)3)10(4)5/h7-8H,6H2,1-5H3/b8-7-. The van der Waals surface area contributed by atoms with Gasteiger partial charge < -0.3 is 0 Å². The van der Waals surface area contributed by atoms with Crippen LogP contribution in [0.3, 0.4) is 0 Å². The molecule has 0 spiro atoms. The van der Waals surface area contributed by atoms with E-state index in [9.17, 15) is 4.57 Å². The third-order valence-electron chi connectivity index (χ3n) is 1.66. The zero-order valence-corrected chi connectivity index (χ0v) is 10.7. The summed E-state index contributed by atoms with van der Waals surface area (Å²) in [5.74, 6) is 2.80.